The predicted molar refractivity (Wildman–Crippen MR) is 146 cm³/mol. The number of nitrogens with two attached hydrogens (primary N) is 1. The first-order valence-corrected chi connectivity index (χ1v) is 14.4. The number of hydrogen-bond donors (Lipinski definition) is 2. The van der Waals surface area contributed by atoms with Gasteiger partial charge in [-0.25, -0.2) is 0 Å². The highest BCUT2D eigenvalue weighted by Crippen LogP contribution is 2.38. The number of piperidine rings is 1. The predicted octanol–water partition coefficient (Wildman–Crippen LogP) is 4.77. The first-order valence-electron chi connectivity index (χ1n) is 14.4. The van der Waals surface area contributed by atoms with Gasteiger partial charge in [-0.3, -0.25) is 9.59 Å². The van der Waals surface area contributed by atoms with Crippen LogP contribution in [0.1, 0.15) is 82.3 Å². The Morgan fingerprint density at radius 1 is 0.944 bits per heavy atom. The van der Waals surface area contributed by atoms with Gasteiger partial charge in [-0.15, -0.1) is 0 Å². The number of anilines is 2. The zero-order valence-electron chi connectivity index (χ0n) is 21.6. The molecule has 36 heavy (non-hydrogen) atoms. The first kappa shape index (κ1) is 25.5. The molecule has 6 heteroatoms. The summed E-state index contributed by atoms with van der Waals surface area (Å²) >= 11 is 0. The lowest BCUT2D eigenvalue weighted by atomic mass is 9.84. The minimum Gasteiger partial charge on any atom is -0.376 e. The Morgan fingerprint density at radius 3 is 2.44 bits per heavy atom. The summed E-state index contributed by atoms with van der Waals surface area (Å²) in [7, 11) is 0. The quantitative estimate of drug-likeness (QED) is 0.415. The van der Waals surface area contributed by atoms with Crippen molar-refractivity contribution in [3.05, 3.63) is 56.3 Å². The maximum Gasteiger partial charge on any atom is 0.253 e. The summed E-state index contributed by atoms with van der Waals surface area (Å²) in [5.41, 5.74) is 7.66. The normalized spacial score (nSPS) is 23.0. The third kappa shape index (κ3) is 6.03. The molecule has 3 atom stereocenters. The number of benzene rings is 1. The molecule has 1 heterocycles. The van der Waals surface area contributed by atoms with E-state index in [9.17, 15) is 9.59 Å². The molecular formula is C30H43N3O3. The molecule has 3 aliphatic rings. The van der Waals surface area contributed by atoms with Crippen molar-refractivity contribution in [1.29, 1.82) is 0 Å². The van der Waals surface area contributed by atoms with Crippen LogP contribution in [0.25, 0.3) is 0 Å². The van der Waals surface area contributed by atoms with Crippen LogP contribution in [0.15, 0.2) is 39.9 Å². The molecule has 0 bridgehead atoms. The molecule has 6 nitrogen and oxygen atoms in total. The number of ether oxygens (including phenoxy) is 1. The molecule has 1 saturated heterocycles. The van der Waals surface area contributed by atoms with Crippen molar-refractivity contribution < 1.29 is 4.74 Å². The van der Waals surface area contributed by atoms with Crippen LogP contribution < -0.4 is 26.8 Å². The monoisotopic (exact) mass is 493 g/mol. The van der Waals surface area contributed by atoms with Crippen LogP contribution in [-0.2, 0) is 4.74 Å². The number of hydrogen-bond acceptors (Lipinski definition) is 6. The fraction of sp³-hybridized carbons (Fsp3) is 0.667. The maximum absolute atomic E-state index is 12.8. The highest BCUT2D eigenvalue weighted by molar-refractivity contribution is 5.75. The molecule has 0 spiro atoms. The Morgan fingerprint density at radius 2 is 1.72 bits per heavy atom. The van der Waals surface area contributed by atoms with Gasteiger partial charge in [-0.1, -0.05) is 75.3 Å². The molecule has 1 aliphatic heterocycles. The molecule has 0 amide bonds. The van der Waals surface area contributed by atoms with E-state index in [4.69, 9.17) is 10.5 Å². The van der Waals surface area contributed by atoms with E-state index in [2.05, 4.69) is 34.5 Å². The van der Waals surface area contributed by atoms with Crippen molar-refractivity contribution in [2.24, 2.45) is 23.5 Å². The molecule has 2 aromatic carbocycles. The van der Waals surface area contributed by atoms with Gasteiger partial charge in [0.05, 0.1) is 6.10 Å². The average Bonchev–Trinajstić information content (AvgIpc) is 3.75. The second-order valence-electron chi connectivity index (χ2n) is 11.5. The standard InChI is InChI=1S/C30H43N3O3/c31-19-25(18-22-8-3-1-4-9-22)32-26-27(29(35)28(26)34)33-16-7-12-24(20-33)30(23-10-5-2-6-11-23)36-17-15-21-13-14-21/h2,5-6,10-11,21-22,24-25,30,32H,1,3-4,7-9,12-20,31H2/t24?,25-,30?/m0/s1. The summed E-state index contributed by atoms with van der Waals surface area (Å²) in [6.45, 7) is 2.79. The fourth-order valence-electron chi connectivity index (χ4n) is 6.43. The van der Waals surface area contributed by atoms with Gasteiger partial charge in [0.1, 0.15) is 11.4 Å². The van der Waals surface area contributed by atoms with E-state index in [1.165, 1.54) is 50.5 Å². The average molecular weight is 494 g/mol. The molecule has 0 aromatic heterocycles. The molecule has 2 aromatic rings. The van der Waals surface area contributed by atoms with Gasteiger partial charge in [0, 0.05) is 38.2 Å². The number of nitrogens with zero attached hydrogens (tertiary/aromatic N) is 1. The molecule has 5 rings (SSSR count). The van der Waals surface area contributed by atoms with Gasteiger partial charge in [0.15, 0.2) is 0 Å². The summed E-state index contributed by atoms with van der Waals surface area (Å²) in [6.07, 6.45) is 13.2. The summed E-state index contributed by atoms with van der Waals surface area (Å²) in [4.78, 5) is 27.6. The smallest absolute Gasteiger partial charge is 0.253 e. The lowest BCUT2D eigenvalue weighted by molar-refractivity contribution is 0.00303. The Balaban J connectivity index is 1.28. The molecule has 196 valence electrons. The van der Waals surface area contributed by atoms with Crippen molar-refractivity contribution >= 4 is 11.4 Å². The van der Waals surface area contributed by atoms with E-state index < -0.39 is 0 Å². The maximum atomic E-state index is 12.8. The second kappa shape index (κ2) is 11.9. The van der Waals surface area contributed by atoms with Crippen LogP contribution in [-0.4, -0.2) is 32.3 Å². The van der Waals surface area contributed by atoms with Crippen molar-refractivity contribution in [1.82, 2.24) is 0 Å². The van der Waals surface area contributed by atoms with Crippen LogP contribution in [0.5, 0.6) is 0 Å². The highest BCUT2D eigenvalue weighted by Gasteiger charge is 2.35. The summed E-state index contributed by atoms with van der Waals surface area (Å²) in [5.74, 6) is 1.78. The number of rotatable bonds is 12. The van der Waals surface area contributed by atoms with E-state index in [-0.39, 0.29) is 28.9 Å². The molecular weight excluding hydrogens is 450 g/mol. The Labute approximate surface area is 215 Å². The Bertz CT molecular complexity index is 1040. The summed E-state index contributed by atoms with van der Waals surface area (Å²) in [5, 5.41) is 3.42. The van der Waals surface area contributed by atoms with Gasteiger partial charge >= 0.3 is 0 Å². The fourth-order valence-corrected chi connectivity index (χ4v) is 6.43. The van der Waals surface area contributed by atoms with Gasteiger partial charge in [0.25, 0.3) is 10.9 Å². The van der Waals surface area contributed by atoms with E-state index in [1.807, 2.05) is 6.07 Å². The molecule has 2 aliphatic carbocycles. The van der Waals surface area contributed by atoms with Gasteiger partial charge in [-0.2, -0.15) is 0 Å². The Hall–Kier alpha value is -2.18. The van der Waals surface area contributed by atoms with E-state index in [1.54, 1.807) is 0 Å². The second-order valence-corrected chi connectivity index (χ2v) is 11.5. The summed E-state index contributed by atoms with van der Waals surface area (Å²) < 4.78 is 6.51. The Kier molecular flexibility index (Phi) is 8.43. The van der Waals surface area contributed by atoms with Crippen LogP contribution in [0.2, 0.25) is 0 Å². The number of nitrogens with one attached hydrogen (secondary N) is 1. The lowest BCUT2D eigenvalue weighted by Gasteiger charge is -2.39. The third-order valence-electron chi connectivity index (χ3n) is 8.71. The van der Waals surface area contributed by atoms with E-state index >= 15 is 0 Å². The molecule has 3 fully saturated rings. The van der Waals surface area contributed by atoms with Crippen molar-refractivity contribution in [2.45, 2.75) is 82.8 Å². The van der Waals surface area contributed by atoms with E-state index in [0.29, 0.717) is 23.8 Å². The topological polar surface area (TPSA) is 84.7 Å². The third-order valence-corrected chi connectivity index (χ3v) is 8.71. The van der Waals surface area contributed by atoms with Gasteiger partial charge < -0.3 is 20.7 Å². The summed E-state index contributed by atoms with van der Waals surface area (Å²) in [6, 6.07) is 10.5. The minimum atomic E-state index is -0.380. The molecule has 2 unspecified atom stereocenters. The zero-order valence-corrected chi connectivity index (χ0v) is 21.6. The van der Waals surface area contributed by atoms with Crippen LogP contribution in [0.3, 0.4) is 0 Å². The lowest BCUT2D eigenvalue weighted by Crippen LogP contribution is -2.48. The SMILES string of the molecule is NC[C@H](CC1CCCCC1)Nc1c(N2CCCC(C(OCCC3CC3)c3ccccc3)C2)c(=O)c1=O. The first-order chi connectivity index (χ1) is 17.6. The van der Waals surface area contributed by atoms with Gasteiger partial charge in [0.2, 0.25) is 0 Å². The van der Waals surface area contributed by atoms with Crippen LogP contribution >= 0.6 is 0 Å². The van der Waals surface area contributed by atoms with Crippen molar-refractivity contribution in [2.75, 3.05) is 36.5 Å². The highest BCUT2D eigenvalue weighted by atomic mass is 16.5. The van der Waals surface area contributed by atoms with E-state index in [0.717, 1.165) is 51.3 Å². The minimum absolute atomic E-state index is 0.0127. The van der Waals surface area contributed by atoms with Crippen molar-refractivity contribution in [3.63, 3.8) is 0 Å². The molecule has 3 N–H and O–H groups in total. The van der Waals surface area contributed by atoms with Crippen molar-refractivity contribution in [3.8, 4) is 0 Å². The van der Waals surface area contributed by atoms with Gasteiger partial charge in [-0.05, 0) is 43.1 Å². The largest absolute Gasteiger partial charge is 0.376 e. The molecule has 2 saturated carbocycles. The zero-order chi connectivity index (χ0) is 24.9. The van der Waals surface area contributed by atoms with Crippen LogP contribution in [0, 0.1) is 17.8 Å². The molecule has 0 radical (unpaired) electrons. The van der Waals surface area contributed by atoms with Crippen LogP contribution in [0.4, 0.5) is 11.4 Å².